The number of amides is 1. The minimum absolute atomic E-state index is 0.0677. The van der Waals surface area contributed by atoms with Crippen molar-refractivity contribution in [2.75, 3.05) is 25.0 Å². The van der Waals surface area contributed by atoms with Crippen LogP contribution in [-0.2, 0) is 6.42 Å². The predicted octanol–water partition coefficient (Wildman–Crippen LogP) is 1.53. The van der Waals surface area contributed by atoms with E-state index in [4.69, 9.17) is 10.5 Å². The Balaban J connectivity index is 2.23. The van der Waals surface area contributed by atoms with Gasteiger partial charge in [-0.15, -0.1) is 0 Å². The highest BCUT2D eigenvalue weighted by molar-refractivity contribution is 5.95. The highest BCUT2D eigenvalue weighted by Gasteiger charge is 2.17. The minimum Gasteiger partial charge on any atom is -0.385 e. The third-order valence-electron chi connectivity index (χ3n) is 3.10. The fraction of sp³-hybridized carbons (Fsp3) is 0.357. The summed E-state index contributed by atoms with van der Waals surface area (Å²) in [6.07, 6.45) is 1.99. The van der Waals surface area contributed by atoms with Gasteiger partial charge in [-0.05, 0) is 36.6 Å². The molecule has 1 aromatic rings. The second-order valence-electron chi connectivity index (χ2n) is 4.38. The first kappa shape index (κ1) is 12.9. The van der Waals surface area contributed by atoms with Crippen LogP contribution in [0.25, 0.3) is 0 Å². The molecular weight excluding hydrogens is 240 g/mol. The number of hydrogen-bond acceptors (Lipinski definition) is 4. The summed E-state index contributed by atoms with van der Waals surface area (Å²) in [6, 6.07) is 9.29. The highest BCUT2D eigenvalue weighted by Crippen LogP contribution is 2.23. The average Bonchev–Trinajstić information content (AvgIpc) is 2.46. The lowest BCUT2D eigenvalue weighted by Gasteiger charge is -2.20. The maximum Gasteiger partial charge on any atom is 0.255 e. The van der Waals surface area contributed by atoms with E-state index in [2.05, 4.69) is 5.32 Å². The SMILES string of the molecule is N#CCN(CC#N)C(=O)c1ccc2c(c1)CCCN2. The van der Waals surface area contributed by atoms with Crippen LogP contribution >= 0.6 is 0 Å². The Morgan fingerprint density at radius 2 is 2.05 bits per heavy atom. The van der Waals surface area contributed by atoms with Gasteiger partial charge in [-0.3, -0.25) is 4.79 Å². The number of rotatable bonds is 3. The van der Waals surface area contributed by atoms with E-state index in [1.165, 1.54) is 4.90 Å². The van der Waals surface area contributed by atoms with Crippen molar-refractivity contribution in [1.82, 2.24) is 4.90 Å². The molecule has 5 nitrogen and oxygen atoms in total. The molecule has 0 unspecified atom stereocenters. The molecule has 1 aliphatic heterocycles. The molecule has 19 heavy (non-hydrogen) atoms. The van der Waals surface area contributed by atoms with E-state index in [9.17, 15) is 4.79 Å². The van der Waals surface area contributed by atoms with Crippen molar-refractivity contribution in [1.29, 1.82) is 10.5 Å². The molecule has 0 fully saturated rings. The second kappa shape index (κ2) is 5.88. The molecule has 1 aromatic carbocycles. The van der Waals surface area contributed by atoms with Gasteiger partial charge in [0, 0.05) is 17.8 Å². The number of anilines is 1. The van der Waals surface area contributed by atoms with E-state index in [0.29, 0.717) is 5.56 Å². The van der Waals surface area contributed by atoms with Crippen LogP contribution < -0.4 is 5.32 Å². The number of carbonyl (C=O) groups is 1. The Bertz CT molecular complexity index is 552. The van der Waals surface area contributed by atoms with Gasteiger partial charge in [-0.1, -0.05) is 0 Å². The van der Waals surface area contributed by atoms with E-state index < -0.39 is 0 Å². The number of hydrogen-bond donors (Lipinski definition) is 1. The van der Waals surface area contributed by atoms with Crippen LogP contribution in [0.1, 0.15) is 22.3 Å². The highest BCUT2D eigenvalue weighted by atomic mass is 16.2. The van der Waals surface area contributed by atoms with Gasteiger partial charge in [0.2, 0.25) is 0 Å². The molecule has 1 amide bonds. The Labute approximate surface area is 112 Å². The van der Waals surface area contributed by atoms with Gasteiger partial charge in [0.15, 0.2) is 0 Å². The number of carbonyl (C=O) groups excluding carboxylic acids is 1. The predicted molar refractivity (Wildman–Crippen MR) is 70.4 cm³/mol. The van der Waals surface area contributed by atoms with Gasteiger partial charge < -0.3 is 10.2 Å². The Morgan fingerprint density at radius 1 is 1.32 bits per heavy atom. The van der Waals surface area contributed by atoms with Gasteiger partial charge in [-0.25, -0.2) is 0 Å². The summed E-state index contributed by atoms with van der Waals surface area (Å²) < 4.78 is 0. The Kier molecular flexibility index (Phi) is 4.00. The van der Waals surface area contributed by atoms with Crippen LogP contribution in [0, 0.1) is 22.7 Å². The molecule has 1 heterocycles. The van der Waals surface area contributed by atoms with Crippen molar-refractivity contribution in [2.24, 2.45) is 0 Å². The maximum atomic E-state index is 12.2. The van der Waals surface area contributed by atoms with Crippen molar-refractivity contribution in [3.63, 3.8) is 0 Å². The van der Waals surface area contributed by atoms with Crippen LogP contribution in [0.15, 0.2) is 18.2 Å². The van der Waals surface area contributed by atoms with Crippen LogP contribution in [0.4, 0.5) is 5.69 Å². The lowest BCUT2D eigenvalue weighted by Crippen LogP contribution is -2.32. The molecule has 0 spiro atoms. The van der Waals surface area contributed by atoms with Crippen LogP contribution in [0.2, 0.25) is 0 Å². The zero-order chi connectivity index (χ0) is 13.7. The summed E-state index contributed by atoms with van der Waals surface area (Å²) in [7, 11) is 0. The fourth-order valence-electron chi connectivity index (χ4n) is 2.16. The van der Waals surface area contributed by atoms with E-state index in [1.54, 1.807) is 6.07 Å². The van der Waals surface area contributed by atoms with E-state index >= 15 is 0 Å². The van der Waals surface area contributed by atoms with Crippen molar-refractivity contribution < 1.29 is 4.79 Å². The normalized spacial score (nSPS) is 12.5. The van der Waals surface area contributed by atoms with Gasteiger partial charge in [0.25, 0.3) is 5.91 Å². The Hall–Kier alpha value is -2.53. The number of nitriles is 2. The largest absolute Gasteiger partial charge is 0.385 e. The number of fused-ring (bicyclic) bond motifs is 1. The molecule has 1 aliphatic rings. The zero-order valence-corrected chi connectivity index (χ0v) is 10.5. The summed E-state index contributed by atoms with van der Waals surface area (Å²) in [6.45, 7) is 0.818. The summed E-state index contributed by atoms with van der Waals surface area (Å²) in [5.74, 6) is -0.267. The standard InChI is InChI=1S/C14H14N4O/c15-5-8-18(9-6-16)14(19)12-3-4-13-11(10-12)2-1-7-17-13/h3-4,10,17H,1-2,7-9H2. The van der Waals surface area contributed by atoms with Gasteiger partial charge in [-0.2, -0.15) is 10.5 Å². The molecule has 0 aliphatic carbocycles. The Morgan fingerprint density at radius 3 is 2.74 bits per heavy atom. The monoisotopic (exact) mass is 254 g/mol. The quantitative estimate of drug-likeness (QED) is 0.829. The third-order valence-corrected chi connectivity index (χ3v) is 3.10. The summed E-state index contributed by atoms with van der Waals surface area (Å²) in [5.41, 5.74) is 2.72. The van der Waals surface area contributed by atoms with Gasteiger partial charge in [0.1, 0.15) is 13.1 Å². The number of benzene rings is 1. The maximum absolute atomic E-state index is 12.2. The van der Waals surface area contributed by atoms with Crippen LogP contribution in [0.3, 0.4) is 0 Å². The molecule has 5 heteroatoms. The van der Waals surface area contributed by atoms with E-state index in [1.807, 2.05) is 24.3 Å². The van der Waals surface area contributed by atoms with Gasteiger partial charge >= 0.3 is 0 Å². The van der Waals surface area contributed by atoms with Crippen molar-refractivity contribution in [2.45, 2.75) is 12.8 Å². The number of nitrogens with zero attached hydrogens (tertiary/aromatic N) is 3. The molecule has 1 N–H and O–H groups in total. The summed E-state index contributed by atoms with van der Waals surface area (Å²) in [4.78, 5) is 13.5. The molecule has 2 rings (SSSR count). The van der Waals surface area contributed by atoms with E-state index in [-0.39, 0.29) is 19.0 Å². The zero-order valence-electron chi connectivity index (χ0n) is 10.5. The molecule has 96 valence electrons. The number of aryl methyl sites for hydroxylation is 1. The summed E-state index contributed by atoms with van der Waals surface area (Å²) in [5, 5.41) is 20.7. The first-order chi connectivity index (χ1) is 9.26. The summed E-state index contributed by atoms with van der Waals surface area (Å²) >= 11 is 0. The van der Waals surface area contributed by atoms with Crippen LogP contribution in [0.5, 0.6) is 0 Å². The molecule has 0 aromatic heterocycles. The van der Waals surface area contributed by atoms with Crippen molar-refractivity contribution >= 4 is 11.6 Å². The number of nitrogens with one attached hydrogen (secondary N) is 1. The molecule has 0 bridgehead atoms. The average molecular weight is 254 g/mol. The molecule has 0 saturated carbocycles. The smallest absolute Gasteiger partial charge is 0.255 e. The van der Waals surface area contributed by atoms with Crippen molar-refractivity contribution in [3.8, 4) is 12.1 Å². The molecular formula is C14H14N4O. The first-order valence-corrected chi connectivity index (χ1v) is 6.16. The lowest BCUT2D eigenvalue weighted by molar-refractivity contribution is 0.0794. The molecule has 0 radical (unpaired) electrons. The second-order valence-corrected chi connectivity index (χ2v) is 4.38. The lowest BCUT2D eigenvalue weighted by atomic mass is 10.0. The van der Waals surface area contributed by atoms with Crippen molar-refractivity contribution in [3.05, 3.63) is 29.3 Å². The van der Waals surface area contributed by atoms with Gasteiger partial charge in [0.05, 0.1) is 12.1 Å². The third kappa shape index (κ3) is 2.83. The molecule has 0 atom stereocenters. The van der Waals surface area contributed by atoms with Crippen LogP contribution in [-0.4, -0.2) is 30.4 Å². The molecule has 0 saturated heterocycles. The topological polar surface area (TPSA) is 79.9 Å². The minimum atomic E-state index is -0.267. The first-order valence-electron chi connectivity index (χ1n) is 6.16. The fourth-order valence-corrected chi connectivity index (χ4v) is 2.16. The van der Waals surface area contributed by atoms with E-state index in [0.717, 1.165) is 30.6 Å².